The van der Waals surface area contributed by atoms with Crippen LogP contribution in [0.15, 0.2) is 23.2 Å². The number of ether oxygens (including phenoxy) is 2. The number of rotatable bonds is 8. The molecule has 0 saturated heterocycles. The van der Waals surface area contributed by atoms with Crippen LogP contribution in [-0.4, -0.2) is 57.7 Å². The van der Waals surface area contributed by atoms with Gasteiger partial charge in [0.15, 0.2) is 17.5 Å². The van der Waals surface area contributed by atoms with E-state index in [1.54, 1.807) is 21.2 Å². The molecule has 0 spiro atoms. The minimum absolute atomic E-state index is 0.0603. The number of anilines is 1. The summed E-state index contributed by atoms with van der Waals surface area (Å²) in [6.45, 7) is 7.53. The molecular formula is C18H30N4O3. The van der Waals surface area contributed by atoms with E-state index in [9.17, 15) is 4.79 Å². The van der Waals surface area contributed by atoms with Crippen molar-refractivity contribution < 1.29 is 14.3 Å². The van der Waals surface area contributed by atoms with Gasteiger partial charge in [0, 0.05) is 32.4 Å². The Labute approximate surface area is 150 Å². The molecule has 1 aromatic carbocycles. The standard InChI is InChI=1S/C18H30N4O3/c1-7-25-15-9-8-14(10-16(15)24-6)21-18(19-11-13(2)3)20-12-17(23)22(4)5/h8-10,13H,7,11-12H2,1-6H3,(H2,19,20,21). The Balaban J connectivity index is 2.92. The van der Waals surface area contributed by atoms with E-state index in [2.05, 4.69) is 29.5 Å². The number of methoxy groups -OCH3 is 1. The minimum Gasteiger partial charge on any atom is -0.493 e. The van der Waals surface area contributed by atoms with Crippen LogP contribution in [0.3, 0.4) is 0 Å². The van der Waals surface area contributed by atoms with Gasteiger partial charge in [-0.1, -0.05) is 13.8 Å². The third-order valence-corrected chi connectivity index (χ3v) is 3.28. The van der Waals surface area contributed by atoms with Crippen molar-refractivity contribution in [1.29, 1.82) is 0 Å². The van der Waals surface area contributed by atoms with E-state index in [1.165, 1.54) is 4.90 Å². The van der Waals surface area contributed by atoms with Crippen molar-refractivity contribution in [2.75, 3.05) is 46.2 Å². The Morgan fingerprint density at radius 1 is 1.28 bits per heavy atom. The van der Waals surface area contributed by atoms with Crippen molar-refractivity contribution in [3.05, 3.63) is 18.2 Å². The topological polar surface area (TPSA) is 75.2 Å². The largest absolute Gasteiger partial charge is 0.493 e. The Morgan fingerprint density at radius 2 is 2.00 bits per heavy atom. The average molecular weight is 350 g/mol. The molecule has 0 bridgehead atoms. The van der Waals surface area contributed by atoms with Gasteiger partial charge in [0.25, 0.3) is 0 Å². The molecule has 0 heterocycles. The Morgan fingerprint density at radius 3 is 2.56 bits per heavy atom. The van der Waals surface area contributed by atoms with Gasteiger partial charge in [-0.3, -0.25) is 4.79 Å². The summed E-state index contributed by atoms with van der Waals surface area (Å²) in [6, 6.07) is 5.56. The molecule has 0 atom stereocenters. The van der Waals surface area contributed by atoms with Crippen LogP contribution in [0.2, 0.25) is 0 Å². The number of likely N-dealkylation sites (N-methyl/N-ethyl adjacent to an activating group) is 1. The van der Waals surface area contributed by atoms with Crippen LogP contribution in [0.4, 0.5) is 5.69 Å². The lowest BCUT2D eigenvalue weighted by molar-refractivity contribution is -0.127. The van der Waals surface area contributed by atoms with E-state index in [4.69, 9.17) is 9.47 Å². The normalized spacial score (nSPS) is 11.2. The van der Waals surface area contributed by atoms with Crippen molar-refractivity contribution in [2.24, 2.45) is 10.9 Å². The second-order valence-corrected chi connectivity index (χ2v) is 6.15. The van der Waals surface area contributed by atoms with Crippen LogP contribution in [0, 0.1) is 5.92 Å². The summed E-state index contributed by atoms with van der Waals surface area (Å²) in [5.41, 5.74) is 0.799. The first-order valence-corrected chi connectivity index (χ1v) is 8.43. The van der Waals surface area contributed by atoms with Crippen LogP contribution in [0.5, 0.6) is 11.5 Å². The molecule has 0 aliphatic carbocycles. The molecule has 0 radical (unpaired) electrons. The fourth-order valence-electron chi connectivity index (χ4n) is 1.89. The highest BCUT2D eigenvalue weighted by Crippen LogP contribution is 2.30. The SMILES string of the molecule is CCOc1ccc(NC(=NCC(=O)N(C)C)NCC(C)C)cc1OC. The zero-order valence-corrected chi connectivity index (χ0v) is 16.0. The number of hydrogen-bond donors (Lipinski definition) is 2. The molecule has 1 rings (SSSR count). The summed E-state index contributed by atoms with van der Waals surface area (Å²) in [4.78, 5) is 17.7. The average Bonchev–Trinajstić information content (AvgIpc) is 2.58. The van der Waals surface area contributed by atoms with E-state index < -0.39 is 0 Å². The molecule has 0 aromatic heterocycles. The monoisotopic (exact) mass is 350 g/mol. The number of aliphatic imine (C=N–C) groups is 1. The maximum atomic E-state index is 11.8. The molecule has 0 aliphatic rings. The van der Waals surface area contributed by atoms with Crippen LogP contribution in [0.1, 0.15) is 20.8 Å². The minimum atomic E-state index is -0.0603. The quantitative estimate of drug-likeness (QED) is 0.555. The summed E-state index contributed by atoms with van der Waals surface area (Å²) in [7, 11) is 5.02. The fraction of sp³-hybridized carbons (Fsp3) is 0.556. The highest BCUT2D eigenvalue weighted by molar-refractivity contribution is 5.95. The summed E-state index contributed by atoms with van der Waals surface area (Å²) in [5.74, 6) is 2.27. The van der Waals surface area contributed by atoms with Gasteiger partial charge in [0.05, 0.1) is 13.7 Å². The molecule has 25 heavy (non-hydrogen) atoms. The summed E-state index contributed by atoms with van der Waals surface area (Å²) < 4.78 is 10.9. The lowest BCUT2D eigenvalue weighted by Crippen LogP contribution is -2.35. The predicted octanol–water partition coefficient (Wildman–Crippen LogP) is 2.20. The van der Waals surface area contributed by atoms with Gasteiger partial charge in [0.1, 0.15) is 6.54 Å². The van der Waals surface area contributed by atoms with Crippen LogP contribution in [0.25, 0.3) is 0 Å². The highest BCUT2D eigenvalue weighted by atomic mass is 16.5. The zero-order chi connectivity index (χ0) is 18.8. The number of benzene rings is 1. The van der Waals surface area contributed by atoms with E-state index in [1.807, 2.05) is 25.1 Å². The molecule has 0 saturated carbocycles. The second-order valence-electron chi connectivity index (χ2n) is 6.15. The van der Waals surface area contributed by atoms with Gasteiger partial charge in [-0.2, -0.15) is 0 Å². The van der Waals surface area contributed by atoms with E-state index in [0.717, 1.165) is 12.2 Å². The summed E-state index contributed by atoms with van der Waals surface area (Å²) in [5, 5.41) is 6.44. The van der Waals surface area contributed by atoms with Crippen LogP contribution < -0.4 is 20.1 Å². The van der Waals surface area contributed by atoms with Crippen LogP contribution >= 0.6 is 0 Å². The number of carbonyl (C=O) groups is 1. The smallest absolute Gasteiger partial charge is 0.243 e. The zero-order valence-electron chi connectivity index (χ0n) is 16.0. The van der Waals surface area contributed by atoms with Gasteiger partial charge < -0.3 is 25.0 Å². The Hall–Kier alpha value is -2.44. The number of hydrogen-bond acceptors (Lipinski definition) is 4. The molecule has 7 nitrogen and oxygen atoms in total. The van der Waals surface area contributed by atoms with Gasteiger partial charge in [0.2, 0.25) is 5.91 Å². The molecule has 0 fully saturated rings. The molecule has 1 aromatic rings. The molecule has 0 aliphatic heterocycles. The molecule has 1 amide bonds. The van der Waals surface area contributed by atoms with Gasteiger partial charge in [-0.15, -0.1) is 0 Å². The van der Waals surface area contributed by atoms with E-state index in [0.29, 0.717) is 30.0 Å². The van der Waals surface area contributed by atoms with Gasteiger partial charge >= 0.3 is 0 Å². The van der Waals surface area contributed by atoms with Crippen molar-refractivity contribution in [1.82, 2.24) is 10.2 Å². The first kappa shape index (κ1) is 20.6. The maximum Gasteiger partial charge on any atom is 0.243 e. The number of carbonyl (C=O) groups excluding carboxylic acids is 1. The molecule has 7 heteroatoms. The fourth-order valence-corrected chi connectivity index (χ4v) is 1.89. The first-order valence-electron chi connectivity index (χ1n) is 8.43. The molecule has 2 N–H and O–H groups in total. The Bertz CT molecular complexity index is 586. The van der Waals surface area contributed by atoms with Crippen molar-refractivity contribution in [3.63, 3.8) is 0 Å². The number of nitrogens with zero attached hydrogens (tertiary/aromatic N) is 2. The first-order chi connectivity index (χ1) is 11.9. The Kier molecular flexibility index (Phi) is 8.60. The molecular weight excluding hydrogens is 320 g/mol. The van der Waals surface area contributed by atoms with E-state index in [-0.39, 0.29) is 12.5 Å². The summed E-state index contributed by atoms with van der Waals surface area (Å²) in [6.07, 6.45) is 0. The highest BCUT2D eigenvalue weighted by Gasteiger charge is 2.09. The third-order valence-electron chi connectivity index (χ3n) is 3.28. The third kappa shape index (κ3) is 7.32. The van der Waals surface area contributed by atoms with Gasteiger partial charge in [-0.05, 0) is 25.0 Å². The number of guanidine groups is 1. The maximum absolute atomic E-state index is 11.8. The summed E-state index contributed by atoms with van der Waals surface area (Å²) >= 11 is 0. The molecule has 140 valence electrons. The predicted molar refractivity (Wildman–Crippen MR) is 102 cm³/mol. The molecule has 0 unspecified atom stereocenters. The van der Waals surface area contributed by atoms with E-state index >= 15 is 0 Å². The lowest BCUT2D eigenvalue weighted by atomic mass is 10.2. The van der Waals surface area contributed by atoms with Crippen molar-refractivity contribution in [2.45, 2.75) is 20.8 Å². The van der Waals surface area contributed by atoms with Gasteiger partial charge in [-0.25, -0.2) is 4.99 Å². The van der Waals surface area contributed by atoms with Crippen molar-refractivity contribution >= 4 is 17.6 Å². The van der Waals surface area contributed by atoms with Crippen LogP contribution in [-0.2, 0) is 4.79 Å². The number of amides is 1. The van der Waals surface area contributed by atoms with Crippen molar-refractivity contribution in [3.8, 4) is 11.5 Å². The second kappa shape index (κ2) is 10.4. The number of nitrogens with one attached hydrogen (secondary N) is 2. The lowest BCUT2D eigenvalue weighted by Gasteiger charge is -2.16.